The van der Waals surface area contributed by atoms with Crippen LogP contribution in [-0.2, 0) is 4.74 Å². The fourth-order valence-electron chi connectivity index (χ4n) is 5.41. The molecule has 5 heteroatoms. The minimum absolute atomic E-state index is 0.0208. The van der Waals surface area contributed by atoms with Crippen molar-refractivity contribution in [3.63, 3.8) is 0 Å². The molecule has 1 N–H and O–H groups in total. The second-order valence-electron chi connectivity index (χ2n) is 9.78. The highest BCUT2D eigenvalue weighted by molar-refractivity contribution is 5.91. The Morgan fingerprint density at radius 2 is 1.81 bits per heavy atom. The van der Waals surface area contributed by atoms with Gasteiger partial charge in [0.2, 0.25) is 0 Å². The molecule has 0 saturated carbocycles. The maximum atomic E-state index is 14.3. The molecular weight excluding hydrogens is 465 g/mol. The van der Waals surface area contributed by atoms with Crippen LogP contribution < -0.4 is 10.1 Å². The fourth-order valence-corrected chi connectivity index (χ4v) is 5.41. The molecule has 190 valence electrons. The average molecular weight is 498 g/mol. The minimum atomic E-state index is -0.317. The zero-order valence-corrected chi connectivity index (χ0v) is 21.5. The van der Waals surface area contributed by atoms with E-state index in [2.05, 4.69) is 24.4 Å². The second kappa shape index (κ2) is 10.7. The van der Waals surface area contributed by atoms with Crippen LogP contribution in [0.25, 0.3) is 10.8 Å². The van der Waals surface area contributed by atoms with Crippen molar-refractivity contribution in [1.82, 2.24) is 5.32 Å². The Hall–Kier alpha value is -3.70. The molecule has 1 heterocycles. The molecule has 0 aliphatic carbocycles. The lowest BCUT2D eigenvalue weighted by Crippen LogP contribution is -2.31. The molecule has 37 heavy (non-hydrogen) atoms. The number of benzene rings is 4. The van der Waals surface area contributed by atoms with E-state index < -0.39 is 0 Å². The molecule has 0 spiro atoms. The Kier molecular flexibility index (Phi) is 7.24. The summed E-state index contributed by atoms with van der Waals surface area (Å²) in [4.78, 5) is 12.3. The third-order valence-electron chi connectivity index (χ3n) is 7.44. The van der Waals surface area contributed by atoms with Crippen molar-refractivity contribution in [3.8, 4) is 5.75 Å². The van der Waals surface area contributed by atoms with Gasteiger partial charge >= 0.3 is 5.97 Å². The van der Waals surface area contributed by atoms with Crippen molar-refractivity contribution < 1.29 is 18.7 Å². The number of rotatable bonds is 7. The number of carbonyl (C=O) groups is 1. The SMILES string of the molecule is COC(=O)c1cc([C@H]2C[C@H](CCN[C@H](C)c3ccc(F)c4ccccc34)Oc3ccccc32)ccc1C. The lowest BCUT2D eigenvalue weighted by Gasteiger charge is -2.33. The number of esters is 1. The highest BCUT2D eigenvalue weighted by Gasteiger charge is 2.30. The van der Waals surface area contributed by atoms with Crippen molar-refractivity contribution in [2.75, 3.05) is 13.7 Å². The number of carbonyl (C=O) groups excluding carboxylic acids is 1. The summed E-state index contributed by atoms with van der Waals surface area (Å²) in [7, 11) is 1.41. The fraction of sp³-hybridized carbons (Fsp3) is 0.281. The molecule has 0 unspecified atom stereocenters. The molecule has 0 radical (unpaired) electrons. The molecule has 1 aliphatic rings. The maximum Gasteiger partial charge on any atom is 0.338 e. The Balaban J connectivity index is 1.32. The third-order valence-corrected chi connectivity index (χ3v) is 7.44. The van der Waals surface area contributed by atoms with Crippen molar-refractivity contribution in [2.45, 2.75) is 44.8 Å². The van der Waals surface area contributed by atoms with E-state index in [1.165, 1.54) is 7.11 Å². The van der Waals surface area contributed by atoms with Gasteiger partial charge in [-0.2, -0.15) is 0 Å². The van der Waals surface area contributed by atoms with Gasteiger partial charge in [-0.3, -0.25) is 0 Å². The van der Waals surface area contributed by atoms with Gasteiger partial charge in [-0.25, -0.2) is 9.18 Å². The lowest BCUT2D eigenvalue weighted by atomic mass is 9.82. The van der Waals surface area contributed by atoms with Crippen LogP contribution >= 0.6 is 0 Å². The molecule has 4 nitrogen and oxygen atoms in total. The third kappa shape index (κ3) is 5.09. The predicted molar refractivity (Wildman–Crippen MR) is 145 cm³/mol. The zero-order chi connectivity index (χ0) is 25.9. The van der Waals surface area contributed by atoms with Crippen molar-refractivity contribution in [2.24, 2.45) is 0 Å². The van der Waals surface area contributed by atoms with E-state index in [0.717, 1.165) is 52.8 Å². The Morgan fingerprint density at radius 3 is 2.62 bits per heavy atom. The van der Waals surface area contributed by atoms with Crippen LogP contribution in [0.3, 0.4) is 0 Å². The number of ether oxygens (including phenoxy) is 2. The van der Waals surface area contributed by atoms with Gasteiger partial charge in [-0.1, -0.05) is 60.7 Å². The van der Waals surface area contributed by atoms with Crippen LogP contribution in [0.5, 0.6) is 5.75 Å². The van der Waals surface area contributed by atoms with E-state index in [1.807, 2.05) is 67.6 Å². The van der Waals surface area contributed by atoms with E-state index in [1.54, 1.807) is 6.07 Å². The summed E-state index contributed by atoms with van der Waals surface area (Å²) in [5.41, 5.74) is 4.81. The van der Waals surface area contributed by atoms with E-state index >= 15 is 0 Å². The highest BCUT2D eigenvalue weighted by atomic mass is 19.1. The lowest BCUT2D eigenvalue weighted by molar-refractivity contribution is 0.0599. The zero-order valence-electron chi connectivity index (χ0n) is 21.5. The second-order valence-corrected chi connectivity index (χ2v) is 9.78. The van der Waals surface area contributed by atoms with E-state index in [0.29, 0.717) is 10.9 Å². The number of hydrogen-bond acceptors (Lipinski definition) is 4. The Morgan fingerprint density at radius 1 is 1.05 bits per heavy atom. The summed E-state index contributed by atoms with van der Waals surface area (Å²) >= 11 is 0. The number of halogens is 1. The Labute approximate surface area is 217 Å². The van der Waals surface area contributed by atoms with Crippen molar-refractivity contribution >= 4 is 16.7 Å². The monoisotopic (exact) mass is 497 g/mol. The number of para-hydroxylation sites is 1. The summed E-state index contributed by atoms with van der Waals surface area (Å²) in [5.74, 6) is 0.500. The van der Waals surface area contributed by atoms with Gasteiger partial charge in [-0.05, 0) is 73.5 Å². The summed E-state index contributed by atoms with van der Waals surface area (Å²) in [6.07, 6.45) is 1.66. The Bertz CT molecular complexity index is 1430. The van der Waals surface area contributed by atoms with Crippen molar-refractivity contribution in [3.05, 3.63) is 112 Å². The molecule has 0 saturated heterocycles. The first-order valence-electron chi connectivity index (χ1n) is 12.8. The molecule has 1 aliphatic heterocycles. The standard InChI is InChI=1S/C32H32FNO3/c1-20-12-13-22(18-28(20)32(35)36-3)29-19-23(37-31-11-7-6-10-27(29)31)16-17-34-21(2)24-14-15-30(33)26-9-5-4-8-25(24)26/h4-15,18,21,23,29,34H,16-17,19H2,1-3H3/t21-,23+,29-/m1/s1. The smallest absolute Gasteiger partial charge is 0.338 e. The summed E-state index contributed by atoms with van der Waals surface area (Å²) in [5, 5.41) is 5.19. The van der Waals surface area contributed by atoms with Gasteiger partial charge in [0.15, 0.2) is 0 Å². The molecule has 0 amide bonds. The highest BCUT2D eigenvalue weighted by Crippen LogP contribution is 2.41. The summed E-state index contributed by atoms with van der Waals surface area (Å²) < 4.78 is 25.7. The van der Waals surface area contributed by atoms with Gasteiger partial charge in [0.05, 0.1) is 12.7 Å². The van der Waals surface area contributed by atoms with Crippen LogP contribution in [0.2, 0.25) is 0 Å². The van der Waals surface area contributed by atoms with Gasteiger partial charge in [0, 0.05) is 22.9 Å². The average Bonchev–Trinajstić information content (AvgIpc) is 2.93. The van der Waals surface area contributed by atoms with Crippen LogP contribution in [0, 0.1) is 12.7 Å². The first-order valence-corrected chi connectivity index (χ1v) is 12.8. The van der Waals surface area contributed by atoms with Gasteiger partial charge < -0.3 is 14.8 Å². The minimum Gasteiger partial charge on any atom is -0.490 e. The summed E-state index contributed by atoms with van der Waals surface area (Å²) in [6.45, 7) is 4.79. The molecule has 0 bridgehead atoms. The summed E-state index contributed by atoms with van der Waals surface area (Å²) in [6, 6.07) is 25.3. The molecule has 4 aromatic rings. The number of aryl methyl sites for hydroxylation is 1. The van der Waals surface area contributed by atoms with Gasteiger partial charge in [0.25, 0.3) is 0 Å². The number of methoxy groups -OCH3 is 1. The number of nitrogens with one attached hydrogen (secondary N) is 1. The molecule has 4 aromatic carbocycles. The van der Waals surface area contributed by atoms with E-state index in [4.69, 9.17) is 9.47 Å². The first-order chi connectivity index (χ1) is 18.0. The van der Waals surface area contributed by atoms with E-state index in [9.17, 15) is 9.18 Å². The van der Waals surface area contributed by atoms with E-state index in [-0.39, 0.29) is 29.9 Å². The normalized spacial score (nSPS) is 17.6. The van der Waals surface area contributed by atoms with Crippen LogP contribution in [-0.4, -0.2) is 25.7 Å². The number of hydrogen-bond donors (Lipinski definition) is 1. The van der Waals surface area contributed by atoms with Gasteiger partial charge in [-0.15, -0.1) is 0 Å². The van der Waals surface area contributed by atoms with Crippen molar-refractivity contribution in [1.29, 1.82) is 0 Å². The topological polar surface area (TPSA) is 47.6 Å². The number of fused-ring (bicyclic) bond motifs is 2. The predicted octanol–water partition coefficient (Wildman–Crippen LogP) is 7.10. The van der Waals surface area contributed by atoms with Crippen LogP contribution in [0.15, 0.2) is 78.9 Å². The largest absolute Gasteiger partial charge is 0.490 e. The molecule has 0 fully saturated rings. The molecule has 0 aromatic heterocycles. The first kappa shape index (κ1) is 25.0. The quantitative estimate of drug-likeness (QED) is 0.277. The maximum absolute atomic E-state index is 14.3. The molecule has 3 atom stereocenters. The van der Waals surface area contributed by atoms with Crippen LogP contribution in [0.1, 0.15) is 64.3 Å². The molecular formula is C32H32FNO3. The van der Waals surface area contributed by atoms with Gasteiger partial charge in [0.1, 0.15) is 17.7 Å². The van der Waals surface area contributed by atoms with Crippen LogP contribution in [0.4, 0.5) is 4.39 Å². The molecule has 5 rings (SSSR count).